The van der Waals surface area contributed by atoms with Crippen molar-refractivity contribution in [3.8, 4) is 0 Å². The second-order valence-electron chi connectivity index (χ2n) is 6.69. The Balaban J connectivity index is 2.07. The average molecular weight is 342 g/mol. The fourth-order valence-electron chi connectivity index (χ4n) is 2.97. The van der Waals surface area contributed by atoms with E-state index in [4.69, 9.17) is 9.47 Å². The number of benzene rings is 2. The van der Waals surface area contributed by atoms with Crippen molar-refractivity contribution in [2.75, 3.05) is 7.11 Å². The summed E-state index contributed by atoms with van der Waals surface area (Å²) in [7, 11) is 1.36. The number of ether oxygens (including phenoxy) is 2. The highest BCUT2D eigenvalue weighted by Gasteiger charge is 2.23. The monoisotopic (exact) mass is 342 g/mol. The number of hydrogen-bond acceptors (Lipinski definition) is 4. The molecule has 0 N–H and O–H groups in total. The Bertz CT molecular complexity index is 730. The summed E-state index contributed by atoms with van der Waals surface area (Å²) in [5.74, 6) is -0.476. The summed E-state index contributed by atoms with van der Waals surface area (Å²) >= 11 is 0. The van der Waals surface area contributed by atoms with Crippen LogP contribution in [0.5, 0.6) is 0 Å². The fraction of sp³-hybridized carbons (Fsp3) is 0.429. The van der Waals surface area contributed by atoms with Gasteiger partial charge in [-0.1, -0.05) is 56.3 Å². The molecule has 0 amide bonds. The highest BCUT2D eigenvalue weighted by Crippen LogP contribution is 2.28. The molecule has 0 saturated heterocycles. The van der Waals surface area contributed by atoms with Crippen LogP contribution in [0.1, 0.15) is 45.3 Å². The van der Waals surface area contributed by atoms with Crippen molar-refractivity contribution in [2.24, 2.45) is 11.8 Å². The second-order valence-corrected chi connectivity index (χ2v) is 6.69. The molecule has 0 radical (unpaired) electrons. The molecule has 4 nitrogen and oxygen atoms in total. The highest BCUT2D eigenvalue weighted by molar-refractivity contribution is 5.86. The Morgan fingerprint density at radius 3 is 2.24 bits per heavy atom. The Morgan fingerprint density at radius 1 is 0.920 bits per heavy atom. The Labute approximate surface area is 149 Å². The molecule has 0 aromatic heterocycles. The molecule has 2 atom stereocenters. The predicted molar refractivity (Wildman–Crippen MR) is 98.0 cm³/mol. The number of methoxy groups -OCH3 is 1. The van der Waals surface area contributed by atoms with Crippen LogP contribution in [0, 0.1) is 11.8 Å². The normalized spacial score (nSPS) is 13.5. The van der Waals surface area contributed by atoms with Gasteiger partial charge in [0.05, 0.1) is 7.11 Å². The SMILES string of the molecule is COC(=O)C[C@H](CC(=O)O[C@H](C)c1cccc2ccccc12)C(C)C. The van der Waals surface area contributed by atoms with Crippen molar-refractivity contribution in [2.45, 2.75) is 39.7 Å². The number of esters is 2. The van der Waals surface area contributed by atoms with E-state index in [-0.39, 0.29) is 42.7 Å². The lowest BCUT2D eigenvalue weighted by Crippen LogP contribution is -2.21. The van der Waals surface area contributed by atoms with Gasteiger partial charge in [0.1, 0.15) is 6.10 Å². The van der Waals surface area contributed by atoms with Gasteiger partial charge in [-0.15, -0.1) is 0 Å². The molecular weight excluding hydrogens is 316 g/mol. The lowest BCUT2D eigenvalue weighted by atomic mass is 9.89. The van der Waals surface area contributed by atoms with Crippen molar-refractivity contribution < 1.29 is 19.1 Å². The van der Waals surface area contributed by atoms with Gasteiger partial charge >= 0.3 is 11.9 Å². The molecule has 0 unspecified atom stereocenters. The van der Waals surface area contributed by atoms with E-state index in [0.717, 1.165) is 16.3 Å². The van der Waals surface area contributed by atoms with Gasteiger partial charge in [-0.25, -0.2) is 0 Å². The number of rotatable bonds is 7. The van der Waals surface area contributed by atoms with Gasteiger partial charge in [0, 0.05) is 12.8 Å². The standard InChI is InChI=1S/C21H26O4/c1-14(2)17(12-20(22)24-4)13-21(23)25-15(3)18-11-7-9-16-8-5-6-10-19(16)18/h5-11,14-15,17H,12-13H2,1-4H3/t15-,17-/m1/s1. The molecule has 2 aromatic rings. The highest BCUT2D eigenvalue weighted by atomic mass is 16.5. The van der Waals surface area contributed by atoms with Crippen molar-refractivity contribution >= 4 is 22.7 Å². The first-order valence-electron chi connectivity index (χ1n) is 8.66. The van der Waals surface area contributed by atoms with Crippen LogP contribution in [-0.2, 0) is 19.1 Å². The van der Waals surface area contributed by atoms with E-state index in [1.165, 1.54) is 7.11 Å². The van der Waals surface area contributed by atoms with E-state index in [2.05, 4.69) is 0 Å². The van der Waals surface area contributed by atoms with Gasteiger partial charge in [0.25, 0.3) is 0 Å². The van der Waals surface area contributed by atoms with E-state index >= 15 is 0 Å². The van der Waals surface area contributed by atoms with Gasteiger partial charge < -0.3 is 9.47 Å². The maximum absolute atomic E-state index is 12.4. The topological polar surface area (TPSA) is 52.6 Å². The van der Waals surface area contributed by atoms with Crippen LogP contribution in [0.25, 0.3) is 10.8 Å². The zero-order valence-electron chi connectivity index (χ0n) is 15.3. The number of hydrogen-bond donors (Lipinski definition) is 0. The van der Waals surface area contributed by atoms with E-state index < -0.39 is 0 Å². The first-order valence-corrected chi connectivity index (χ1v) is 8.66. The van der Waals surface area contributed by atoms with Crippen LogP contribution < -0.4 is 0 Å². The minimum Gasteiger partial charge on any atom is -0.469 e. The van der Waals surface area contributed by atoms with Crippen LogP contribution in [0.4, 0.5) is 0 Å². The average Bonchev–Trinajstić information content (AvgIpc) is 2.60. The van der Waals surface area contributed by atoms with Gasteiger partial charge in [0.2, 0.25) is 0 Å². The summed E-state index contributed by atoms with van der Waals surface area (Å²) in [6.07, 6.45) is 0.0953. The van der Waals surface area contributed by atoms with Crippen molar-refractivity contribution in [1.82, 2.24) is 0 Å². The van der Waals surface area contributed by atoms with E-state index in [1.807, 2.05) is 63.2 Å². The predicted octanol–water partition coefficient (Wildman–Crippen LogP) is 4.67. The summed E-state index contributed by atoms with van der Waals surface area (Å²) in [6.45, 7) is 5.87. The largest absolute Gasteiger partial charge is 0.469 e. The minimum atomic E-state index is -0.343. The fourth-order valence-corrected chi connectivity index (χ4v) is 2.97. The number of carbonyl (C=O) groups excluding carboxylic acids is 2. The van der Waals surface area contributed by atoms with Gasteiger partial charge in [-0.05, 0) is 35.1 Å². The van der Waals surface area contributed by atoms with Gasteiger partial charge in [-0.2, -0.15) is 0 Å². The molecule has 0 saturated carbocycles. The smallest absolute Gasteiger partial charge is 0.306 e. The lowest BCUT2D eigenvalue weighted by molar-refractivity contribution is -0.151. The zero-order valence-corrected chi connectivity index (χ0v) is 15.3. The van der Waals surface area contributed by atoms with Crippen LogP contribution in [0.2, 0.25) is 0 Å². The van der Waals surface area contributed by atoms with Crippen molar-refractivity contribution in [3.05, 3.63) is 48.0 Å². The molecule has 0 bridgehead atoms. The molecule has 2 rings (SSSR count). The molecule has 0 spiro atoms. The van der Waals surface area contributed by atoms with E-state index in [1.54, 1.807) is 0 Å². The number of carbonyl (C=O) groups is 2. The summed E-state index contributed by atoms with van der Waals surface area (Å²) in [4.78, 5) is 23.9. The Hall–Kier alpha value is -2.36. The van der Waals surface area contributed by atoms with Crippen molar-refractivity contribution in [1.29, 1.82) is 0 Å². The zero-order chi connectivity index (χ0) is 18.4. The van der Waals surface area contributed by atoms with Crippen LogP contribution in [0.3, 0.4) is 0 Å². The quantitative estimate of drug-likeness (QED) is 0.686. The molecule has 134 valence electrons. The third-order valence-corrected chi connectivity index (χ3v) is 4.60. The van der Waals surface area contributed by atoms with Crippen LogP contribution in [-0.4, -0.2) is 19.0 Å². The second kappa shape index (κ2) is 8.65. The third-order valence-electron chi connectivity index (χ3n) is 4.60. The van der Waals surface area contributed by atoms with Gasteiger partial charge in [-0.3, -0.25) is 9.59 Å². The molecular formula is C21H26O4. The summed E-state index contributed by atoms with van der Waals surface area (Å²) in [5.41, 5.74) is 0.987. The molecule has 0 aliphatic heterocycles. The maximum atomic E-state index is 12.4. The summed E-state index contributed by atoms with van der Waals surface area (Å²) in [6, 6.07) is 14.0. The Kier molecular flexibility index (Phi) is 6.57. The number of fused-ring (bicyclic) bond motifs is 1. The lowest BCUT2D eigenvalue weighted by Gasteiger charge is -2.21. The third kappa shape index (κ3) is 5.05. The molecule has 25 heavy (non-hydrogen) atoms. The van der Waals surface area contributed by atoms with E-state index in [9.17, 15) is 9.59 Å². The summed E-state index contributed by atoms with van der Waals surface area (Å²) in [5, 5.41) is 2.20. The van der Waals surface area contributed by atoms with Crippen LogP contribution >= 0.6 is 0 Å². The molecule has 0 aliphatic rings. The minimum absolute atomic E-state index is 0.0836. The molecule has 0 fully saturated rings. The summed E-state index contributed by atoms with van der Waals surface area (Å²) < 4.78 is 10.4. The molecule has 0 heterocycles. The van der Waals surface area contributed by atoms with Crippen LogP contribution in [0.15, 0.2) is 42.5 Å². The Morgan fingerprint density at radius 2 is 1.56 bits per heavy atom. The first-order chi connectivity index (χ1) is 11.9. The maximum Gasteiger partial charge on any atom is 0.306 e. The molecule has 4 heteroatoms. The molecule has 2 aromatic carbocycles. The van der Waals surface area contributed by atoms with E-state index in [0.29, 0.717) is 0 Å². The van der Waals surface area contributed by atoms with Gasteiger partial charge in [0.15, 0.2) is 0 Å². The first kappa shape index (κ1) is 19.0. The molecule has 0 aliphatic carbocycles. The van der Waals surface area contributed by atoms with Crippen molar-refractivity contribution in [3.63, 3.8) is 0 Å².